The van der Waals surface area contributed by atoms with Crippen molar-refractivity contribution in [2.75, 3.05) is 20.2 Å². The largest absolute Gasteiger partial charge is 0.497 e. The van der Waals surface area contributed by atoms with Crippen LogP contribution < -0.4 is 9.46 Å². The molecular weight excluding hydrogens is 460 g/mol. The van der Waals surface area contributed by atoms with E-state index < -0.39 is 26.1 Å². The molecule has 7 nitrogen and oxygen atoms in total. The minimum absolute atomic E-state index is 0.00249. The highest BCUT2D eigenvalue weighted by Gasteiger charge is 2.28. The van der Waals surface area contributed by atoms with Gasteiger partial charge in [-0.25, -0.2) is 16.8 Å². The van der Waals surface area contributed by atoms with Crippen LogP contribution in [0.5, 0.6) is 5.75 Å². The van der Waals surface area contributed by atoms with Crippen molar-refractivity contribution in [1.82, 2.24) is 9.03 Å². The van der Waals surface area contributed by atoms with Crippen molar-refractivity contribution in [1.29, 1.82) is 0 Å². The Kier molecular flexibility index (Phi) is 6.85. The molecule has 0 radical (unpaired) electrons. The topological polar surface area (TPSA) is 92.8 Å². The number of rotatable bonds is 8. The Morgan fingerprint density at radius 3 is 1.88 bits per heavy atom. The second-order valence-electron chi connectivity index (χ2n) is 7.82. The summed E-state index contributed by atoms with van der Waals surface area (Å²) in [7, 11) is -5.98. The number of nitrogens with one attached hydrogen (secondary N) is 1. The summed E-state index contributed by atoms with van der Waals surface area (Å²) in [5.74, 6) is 0.670. The average Bonchev–Trinajstić information content (AvgIpc) is 3.39. The number of methoxy groups -OCH3 is 1. The molecule has 3 aromatic rings. The summed E-state index contributed by atoms with van der Waals surface area (Å²) < 4.78 is 61.4. The molecule has 33 heavy (non-hydrogen) atoms. The molecule has 1 N–H and O–H groups in total. The van der Waals surface area contributed by atoms with Crippen molar-refractivity contribution < 1.29 is 21.6 Å². The molecule has 1 heterocycles. The number of nitrogens with zero attached hydrogens (tertiary/aromatic N) is 1. The number of sulfonamides is 2. The predicted molar refractivity (Wildman–Crippen MR) is 126 cm³/mol. The lowest BCUT2D eigenvalue weighted by Crippen LogP contribution is -2.30. The lowest BCUT2D eigenvalue weighted by Gasteiger charge is -2.20. The summed E-state index contributed by atoms with van der Waals surface area (Å²) in [5, 5.41) is 0. The fourth-order valence-corrected chi connectivity index (χ4v) is 6.59. The Morgan fingerprint density at radius 1 is 0.758 bits per heavy atom. The Labute approximate surface area is 195 Å². The van der Waals surface area contributed by atoms with Gasteiger partial charge >= 0.3 is 0 Å². The van der Waals surface area contributed by atoms with Crippen molar-refractivity contribution in [2.45, 2.75) is 28.7 Å². The standard InChI is InChI=1S/C24H26N2O5S2/c1-31-21-11-9-20(10-12-21)24(19-7-3-2-4-8-19)25-32(27,28)22-13-15-23(16-14-22)33(29,30)26-17-5-6-18-26/h2-4,7-16,24-25H,5-6,17-18H2,1H3/t24-/m0/s1. The van der Waals surface area contributed by atoms with Gasteiger partial charge in [0, 0.05) is 13.1 Å². The highest BCUT2D eigenvalue weighted by molar-refractivity contribution is 7.89. The third-order valence-corrected chi connectivity index (χ3v) is 9.04. The van der Waals surface area contributed by atoms with E-state index >= 15 is 0 Å². The molecule has 0 bridgehead atoms. The summed E-state index contributed by atoms with van der Waals surface area (Å²) >= 11 is 0. The van der Waals surface area contributed by atoms with Crippen LogP contribution in [-0.4, -0.2) is 41.3 Å². The van der Waals surface area contributed by atoms with Crippen molar-refractivity contribution in [3.05, 3.63) is 90.0 Å². The van der Waals surface area contributed by atoms with Gasteiger partial charge in [-0.05, 0) is 60.4 Å². The van der Waals surface area contributed by atoms with Crippen LogP contribution >= 0.6 is 0 Å². The second kappa shape index (κ2) is 9.64. The van der Waals surface area contributed by atoms with E-state index in [0.29, 0.717) is 18.8 Å². The van der Waals surface area contributed by atoms with E-state index in [-0.39, 0.29) is 9.79 Å². The fraction of sp³-hybridized carbons (Fsp3) is 0.250. The molecule has 174 valence electrons. The number of ether oxygens (including phenoxy) is 1. The van der Waals surface area contributed by atoms with Crippen LogP contribution in [0.15, 0.2) is 88.7 Å². The molecule has 9 heteroatoms. The van der Waals surface area contributed by atoms with E-state index in [0.717, 1.165) is 24.0 Å². The summed E-state index contributed by atoms with van der Waals surface area (Å²) in [6, 6.07) is 21.2. The molecule has 0 aliphatic carbocycles. The van der Waals surface area contributed by atoms with E-state index in [1.54, 1.807) is 19.2 Å². The molecule has 4 rings (SSSR count). The molecule has 1 saturated heterocycles. The van der Waals surface area contributed by atoms with Crippen molar-refractivity contribution >= 4 is 20.0 Å². The molecule has 0 amide bonds. The minimum Gasteiger partial charge on any atom is -0.497 e. The third kappa shape index (κ3) is 5.11. The monoisotopic (exact) mass is 486 g/mol. The van der Waals surface area contributed by atoms with Gasteiger partial charge in [0.05, 0.1) is 22.9 Å². The Morgan fingerprint density at radius 2 is 1.30 bits per heavy atom. The van der Waals surface area contributed by atoms with E-state index in [2.05, 4.69) is 4.72 Å². The summed E-state index contributed by atoms with van der Waals surface area (Å²) in [6.45, 7) is 0.981. The van der Waals surface area contributed by atoms with E-state index in [1.807, 2.05) is 42.5 Å². The lowest BCUT2D eigenvalue weighted by atomic mass is 10.00. The predicted octanol–water partition coefficient (Wildman–Crippen LogP) is 3.55. The van der Waals surface area contributed by atoms with Crippen molar-refractivity contribution in [2.24, 2.45) is 0 Å². The maximum Gasteiger partial charge on any atom is 0.243 e. The first-order valence-corrected chi connectivity index (χ1v) is 13.5. The molecule has 1 aliphatic rings. The highest BCUT2D eigenvalue weighted by Crippen LogP contribution is 2.27. The summed E-state index contributed by atoms with van der Waals surface area (Å²) in [4.78, 5) is 0.0930. The Hall–Kier alpha value is -2.72. The molecule has 1 fully saturated rings. The highest BCUT2D eigenvalue weighted by atomic mass is 32.2. The van der Waals surface area contributed by atoms with Gasteiger partial charge in [-0.2, -0.15) is 9.03 Å². The number of hydrogen-bond acceptors (Lipinski definition) is 5. The Bertz CT molecular complexity index is 1290. The second-order valence-corrected chi connectivity index (χ2v) is 11.5. The van der Waals surface area contributed by atoms with Gasteiger partial charge in [0.1, 0.15) is 5.75 Å². The molecule has 1 aliphatic heterocycles. The van der Waals surface area contributed by atoms with Gasteiger partial charge in [0.15, 0.2) is 0 Å². The summed E-state index contributed by atoms with van der Waals surface area (Å²) in [6.07, 6.45) is 1.67. The third-order valence-electron chi connectivity index (χ3n) is 5.69. The van der Waals surface area contributed by atoms with Crippen molar-refractivity contribution in [3.63, 3.8) is 0 Å². The molecule has 0 saturated carbocycles. The molecule has 0 unspecified atom stereocenters. The first-order valence-electron chi connectivity index (χ1n) is 10.6. The van der Waals surface area contributed by atoms with Crippen LogP contribution in [0, 0.1) is 0 Å². The van der Waals surface area contributed by atoms with Crippen LogP contribution in [-0.2, 0) is 20.0 Å². The zero-order valence-corrected chi connectivity index (χ0v) is 19.8. The van der Waals surface area contributed by atoms with Crippen LogP contribution in [0.4, 0.5) is 0 Å². The van der Waals surface area contributed by atoms with E-state index in [9.17, 15) is 16.8 Å². The van der Waals surface area contributed by atoms with Crippen molar-refractivity contribution in [3.8, 4) is 5.75 Å². The van der Waals surface area contributed by atoms with Gasteiger partial charge < -0.3 is 4.74 Å². The SMILES string of the molecule is COc1ccc([C@@H](NS(=O)(=O)c2ccc(S(=O)(=O)N3CCCC3)cc2)c2ccccc2)cc1. The first-order chi connectivity index (χ1) is 15.8. The zero-order chi connectivity index (χ0) is 23.5. The normalized spacial score (nSPS) is 15.9. The zero-order valence-electron chi connectivity index (χ0n) is 18.2. The Balaban J connectivity index is 1.63. The molecule has 0 spiro atoms. The lowest BCUT2D eigenvalue weighted by molar-refractivity contribution is 0.414. The van der Waals surface area contributed by atoms with Gasteiger partial charge in [-0.15, -0.1) is 0 Å². The van der Waals surface area contributed by atoms with Gasteiger partial charge in [-0.1, -0.05) is 42.5 Å². The number of benzene rings is 3. The molecular formula is C24H26N2O5S2. The average molecular weight is 487 g/mol. The minimum atomic E-state index is -3.94. The van der Waals surface area contributed by atoms with Crippen LogP contribution in [0.2, 0.25) is 0 Å². The van der Waals surface area contributed by atoms with Crippen LogP contribution in [0.1, 0.15) is 30.0 Å². The van der Waals surface area contributed by atoms with Gasteiger partial charge in [0.2, 0.25) is 20.0 Å². The smallest absolute Gasteiger partial charge is 0.243 e. The first kappa shape index (κ1) is 23.4. The molecule has 3 aromatic carbocycles. The summed E-state index contributed by atoms with van der Waals surface area (Å²) in [5.41, 5.74) is 1.53. The number of hydrogen-bond donors (Lipinski definition) is 1. The van der Waals surface area contributed by atoms with Crippen LogP contribution in [0.25, 0.3) is 0 Å². The van der Waals surface area contributed by atoms with Gasteiger partial charge in [-0.3, -0.25) is 0 Å². The molecule has 1 atom stereocenters. The quantitative estimate of drug-likeness (QED) is 0.526. The fourth-order valence-electron chi connectivity index (χ4n) is 3.86. The van der Waals surface area contributed by atoms with Gasteiger partial charge in [0.25, 0.3) is 0 Å². The van der Waals surface area contributed by atoms with Crippen LogP contribution in [0.3, 0.4) is 0 Å². The maximum absolute atomic E-state index is 13.2. The maximum atomic E-state index is 13.2. The molecule has 0 aromatic heterocycles. The van der Waals surface area contributed by atoms with E-state index in [4.69, 9.17) is 4.74 Å². The van der Waals surface area contributed by atoms with E-state index in [1.165, 1.54) is 28.6 Å².